The Morgan fingerprint density at radius 2 is 1.17 bits per heavy atom. The van der Waals surface area contributed by atoms with Crippen LogP contribution in [0.1, 0.15) is 39.5 Å². The smallest absolute Gasteiger partial charge is 0.447 e. The third kappa shape index (κ3) is 23.9. The van der Waals surface area contributed by atoms with Crippen molar-refractivity contribution in [3.63, 3.8) is 0 Å². The van der Waals surface area contributed by atoms with Crippen LogP contribution >= 0.6 is 0 Å². The van der Waals surface area contributed by atoms with Crippen molar-refractivity contribution in [2.75, 3.05) is 13.2 Å². The van der Waals surface area contributed by atoms with Gasteiger partial charge >= 0.3 is 12.3 Å². The van der Waals surface area contributed by atoms with Crippen molar-refractivity contribution in [2.45, 2.75) is 39.5 Å². The summed E-state index contributed by atoms with van der Waals surface area (Å²) < 4.78 is 0. The maximum absolute atomic E-state index is 9.29. The molecule has 0 saturated carbocycles. The number of rotatable bonds is 7. The van der Waals surface area contributed by atoms with Crippen LogP contribution in [0.5, 0.6) is 0 Å². The van der Waals surface area contributed by atoms with E-state index in [-0.39, 0.29) is 0 Å². The summed E-state index contributed by atoms with van der Waals surface area (Å²) in [7, 11) is 0. The van der Waals surface area contributed by atoms with Crippen LogP contribution in [0.2, 0.25) is 0 Å². The molecule has 0 rings (SSSR count). The molecule has 0 aromatic heterocycles. The minimum absolute atomic E-state index is 0.736. The van der Waals surface area contributed by atoms with Crippen LogP contribution in [0, 0.1) is 0 Å². The molecule has 0 radical (unpaired) electrons. The summed E-state index contributed by atoms with van der Waals surface area (Å²) in [6, 6.07) is 0. The summed E-state index contributed by atoms with van der Waals surface area (Å²) >= 11 is 0. The zero-order valence-electron chi connectivity index (χ0n) is 10.6. The molecule has 8 heteroatoms. The van der Waals surface area contributed by atoms with E-state index < -0.39 is 12.3 Å². The van der Waals surface area contributed by atoms with Gasteiger partial charge < -0.3 is 10.2 Å². The fraction of sp³-hybridized carbons (Fsp3) is 0.800. The lowest BCUT2D eigenvalue weighted by atomic mass is 10.4. The van der Waals surface area contributed by atoms with Gasteiger partial charge in [-0.25, -0.2) is 29.1 Å². The molecule has 18 heavy (non-hydrogen) atoms. The molecule has 108 valence electrons. The molecule has 0 saturated heterocycles. The molecule has 0 aliphatic carbocycles. The van der Waals surface area contributed by atoms with Gasteiger partial charge in [0.25, 0.3) is 0 Å². The Labute approximate surface area is 105 Å². The van der Waals surface area contributed by atoms with E-state index in [4.69, 9.17) is 20.0 Å². The van der Waals surface area contributed by atoms with E-state index in [0.717, 1.165) is 38.9 Å². The van der Waals surface area contributed by atoms with E-state index in [0.29, 0.717) is 0 Å². The molecule has 0 spiro atoms. The predicted octanol–water partition coefficient (Wildman–Crippen LogP) is 2.83. The van der Waals surface area contributed by atoms with E-state index >= 15 is 0 Å². The van der Waals surface area contributed by atoms with Crippen LogP contribution in [0.3, 0.4) is 0 Å². The second-order valence-electron chi connectivity index (χ2n) is 3.05. The topological polar surface area (TPSA) is 112 Å². The minimum Gasteiger partial charge on any atom is -0.447 e. The van der Waals surface area contributed by atoms with Gasteiger partial charge in [-0.1, -0.05) is 26.7 Å². The van der Waals surface area contributed by atoms with Crippen molar-refractivity contribution in [2.24, 2.45) is 0 Å². The number of unbranched alkanes of at least 4 members (excludes halogenated alkanes) is 2. The predicted molar refractivity (Wildman–Crippen MR) is 59.9 cm³/mol. The largest absolute Gasteiger partial charge is 0.547 e. The molecular weight excluding hydrogens is 248 g/mol. The van der Waals surface area contributed by atoms with Gasteiger partial charge in [-0.2, -0.15) is 0 Å². The zero-order valence-corrected chi connectivity index (χ0v) is 10.6. The van der Waals surface area contributed by atoms with Crippen molar-refractivity contribution in [1.82, 2.24) is 0 Å². The monoisotopic (exact) mass is 268 g/mol. The SMILES string of the molecule is CCCCOOCCCC.O=C(O)OOC(=O)O. The van der Waals surface area contributed by atoms with Crippen molar-refractivity contribution in [3.8, 4) is 0 Å². The van der Waals surface area contributed by atoms with Gasteiger partial charge in [0, 0.05) is 0 Å². The summed E-state index contributed by atoms with van der Waals surface area (Å²) in [5.41, 5.74) is 0. The highest BCUT2D eigenvalue weighted by atomic mass is 17.2. The van der Waals surface area contributed by atoms with Crippen LogP contribution in [0.25, 0.3) is 0 Å². The maximum Gasteiger partial charge on any atom is 0.547 e. The van der Waals surface area contributed by atoms with Crippen LogP contribution in [0.4, 0.5) is 9.59 Å². The van der Waals surface area contributed by atoms with Gasteiger partial charge in [-0.3, -0.25) is 0 Å². The van der Waals surface area contributed by atoms with Crippen LogP contribution in [0.15, 0.2) is 0 Å². The average Bonchev–Trinajstić information content (AvgIpc) is 2.32. The van der Waals surface area contributed by atoms with Crippen molar-refractivity contribution >= 4 is 12.3 Å². The Kier molecular flexibility index (Phi) is 16.2. The molecule has 2 N–H and O–H groups in total. The second kappa shape index (κ2) is 15.5. The maximum atomic E-state index is 9.29. The van der Waals surface area contributed by atoms with Crippen LogP contribution < -0.4 is 0 Å². The van der Waals surface area contributed by atoms with Gasteiger partial charge in [-0.15, -0.1) is 0 Å². The second-order valence-corrected chi connectivity index (χ2v) is 3.05. The van der Waals surface area contributed by atoms with E-state index in [1.165, 1.54) is 0 Å². The normalized spacial score (nSPS) is 9.00. The molecule has 0 aromatic rings. The molecule has 0 unspecified atom stereocenters. The fourth-order valence-electron chi connectivity index (χ4n) is 0.596. The van der Waals surface area contributed by atoms with Gasteiger partial charge in [0.1, 0.15) is 0 Å². The Bertz CT molecular complexity index is 184. The molecule has 0 amide bonds. The number of carbonyl (C=O) groups is 2. The average molecular weight is 268 g/mol. The molecular formula is C10H20O8. The Morgan fingerprint density at radius 3 is 1.39 bits per heavy atom. The number of carboxylic acid groups (broad SMARTS) is 2. The highest BCUT2D eigenvalue weighted by Gasteiger charge is 2.01. The molecule has 0 aliphatic heterocycles. The quantitative estimate of drug-likeness (QED) is 0.412. The third-order valence-electron chi connectivity index (χ3n) is 1.43. The summed E-state index contributed by atoms with van der Waals surface area (Å²) in [4.78, 5) is 34.6. The van der Waals surface area contributed by atoms with Gasteiger partial charge in [0.2, 0.25) is 0 Å². The summed E-state index contributed by atoms with van der Waals surface area (Å²) in [6.45, 7) is 5.74. The first kappa shape index (κ1) is 18.8. The highest BCUT2D eigenvalue weighted by molar-refractivity contribution is 5.60. The third-order valence-corrected chi connectivity index (χ3v) is 1.43. The molecule has 8 nitrogen and oxygen atoms in total. The first-order valence-electron chi connectivity index (χ1n) is 5.59. The van der Waals surface area contributed by atoms with Gasteiger partial charge in [0.05, 0.1) is 13.2 Å². The lowest BCUT2D eigenvalue weighted by Gasteiger charge is -2.00. The first-order chi connectivity index (χ1) is 8.54. The molecule has 0 bridgehead atoms. The summed E-state index contributed by atoms with van der Waals surface area (Å²) in [5, 5.41) is 15.1. The van der Waals surface area contributed by atoms with E-state index in [1.54, 1.807) is 0 Å². The fourth-order valence-corrected chi connectivity index (χ4v) is 0.596. The molecule has 0 heterocycles. The number of hydrogen-bond acceptors (Lipinski definition) is 6. The van der Waals surface area contributed by atoms with Crippen molar-refractivity contribution < 1.29 is 39.4 Å². The Balaban J connectivity index is 0. The molecule has 0 atom stereocenters. The van der Waals surface area contributed by atoms with Crippen molar-refractivity contribution in [1.29, 1.82) is 0 Å². The van der Waals surface area contributed by atoms with E-state index in [1.807, 2.05) is 0 Å². The standard InChI is InChI=1S/C8H18O2.C2H2O6/c1-3-5-7-9-10-8-6-4-2;3-1(4)7-8-2(5)6/h3-8H2,1-2H3;(H,3,4)(H,5,6). The Hall–Kier alpha value is -1.54. The number of hydrogen-bond donors (Lipinski definition) is 2. The molecule has 0 aliphatic rings. The van der Waals surface area contributed by atoms with Gasteiger partial charge in [-0.05, 0) is 12.8 Å². The van der Waals surface area contributed by atoms with Crippen LogP contribution in [-0.2, 0) is 19.6 Å². The zero-order chi connectivity index (χ0) is 14.2. The lowest BCUT2D eigenvalue weighted by Crippen LogP contribution is -2.05. The van der Waals surface area contributed by atoms with Crippen LogP contribution in [-0.4, -0.2) is 35.7 Å². The summed E-state index contributed by atoms with van der Waals surface area (Å²) in [5.74, 6) is 0. The van der Waals surface area contributed by atoms with E-state index in [2.05, 4.69) is 23.6 Å². The van der Waals surface area contributed by atoms with E-state index in [9.17, 15) is 9.59 Å². The Morgan fingerprint density at radius 1 is 0.833 bits per heavy atom. The molecule has 0 aromatic carbocycles. The summed E-state index contributed by atoms with van der Waals surface area (Å²) in [6.07, 6.45) is 0.909. The minimum atomic E-state index is -1.80. The van der Waals surface area contributed by atoms with Crippen molar-refractivity contribution in [3.05, 3.63) is 0 Å². The van der Waals surface area contributed by atoms with Gasteiger partial charge in [0.15, 0.2) is 0 Å². The first-order valence-corrected chi connectivity index (χ1v) is 5.59. The highest BCUT2D eigenvalue weighted by Crippen LogP contribution is 1.91. The molecule has 0 fully saturated rings. The lowest BCUT2D eigenvalue weighted by molar-refractivity contribution is -0.295.